The molecule has 2 aromatic carbocycles. The number of benzene rings is 2. The Kier molecular flexibility index (Phi) is 6.12. The van der Waals surface area contributed by atoms with Gasteiger partial charge in [0.2, 0.25) is 0 Å². The summed E-state index contributed by atoms with van der Waals surface area (Å²) in [5.74, 6) is -1.59. The standard InChI is InChI=1S/C17H18F2N2OS/c1-21(10-12-3-6-14(23-2)7-4-12)11-17(22)20-16-9-13(18)5-8-15(16)19/h3-9H,10-11H2,1-2H3,(H,20,22)/p+1. The summed E-state index contributed by atoms with van der Waals surface area (Å²) in [4.78, 5) is 14.1. The number of halogens is 2. The number of likely N-dealkylation sites (N-methyl/N-ethyl adjacent to an activating group) is 1. The molecular weight excluding hydrogens is 318 g/mol. The fraction of sp³-hybridized carbons (Fsp3) is 0.235. The zero-order valence-electron chi connectivity index (χ0n) is 13.0. The van der Waals surface area contributed by atoms with E-state index < -0.39 is 11.6 Å². The van der Waals surface area contributed by atoms with Crippen LogP contribution in [-0.2, 0) is 11.3 Å². The summed E-state index contributed by atoms with van der Waals surface area (Å²) in [5.41, 5.74) is 0.983. The maximum Gasteiger partial charge on any atom is 0.279 e. The first kappa shape index (κ1) is 17.4. The van der Waals surface area contributed by atoms with Gasteiger partial charge in [-0.3, -0.25) is 4.79 Å². The third-order valence-electron chi connectivity index (χ3n) is 3.33. The van der Waals surface area contributed by atoms with Crippen LogP contribution in [0.4, 0.5) is 14.5 Å². The number of quaternary nitrogens is 1. The highest BCUT2D eigenvalue weighted by molar-refractivity contribution is 7.98. The summed E-state index contributed by atoms with van der Waals surface area (Å²) in [6.45, 7) is 0.841. The number of carbonyl (C=O) groups excluding carboxylic acids is 1. The minimum Gasteiger partial charge on any atom is -0.326 e. The van der Waals surface area contributed by atoms with Crippen molar-refractivity contribution in [3.63, 3.8) is 0 Å². The third kappa shape index (κ3) is 5.33. The van der Waals surface area contributed by atoms with Gasteiger partial charge >= 0.3 is 0 Å². The highest BCUT2D eigenvalue weighted by atomic mass is 32.2. The highest BCUT2D eigenvalue weighted by Crippen LogP contribution is 2.15. The lowest BCUT2D eigenvalue weighted by molar-refractivity contribution is -0.885. The normalized spacial score (nSPS) is 12.0. The fourth-order valence-electron chi connectivity index (χ4n) is 2.22. The van der Waals surface area contributed by atoms with E-state index in [1.54, 1.807) is 11.8 Å². The van der Waals surface area contributed by atoms with Crippen molar-refractivity contribution in [1.82, 2.24) is 0 Å². The Bertz CT molecular complexity index is 677. The molecule has 0 heterocycles. The van der Waals surface area contributed by atoms with Crippen molar-refractivity contribution in [2.45, 2.75) is 11.4 Å². The van der Waals surface area contributed by atoms with E-state index in [0.29, 0.717) is 6.54 Å². The predicted octanol–water partition coefficient (Wildman–Crippen LogP) is 2.34. The molecule has 6 heteroatoms. The molecule has 3 nitrogen and oxygen atoms in total. The van der Waals surface area contributed by atoms with Gasteiger partial charge in [0.1, 0.15) is 18.2 Å². The van der Waals surface area contributed by atoms with Crippen LogP contribution in [-0.4, -0.2) is 25.8 Å². The average Bonchev–Trinajstić information content (AvgIpc) is 2.51. The number of anilines is 1. The SMILES string of the molecule is CSc1ccc(C[NH+](C)CC(=O)Nc2cc(F)ccc2F)cc1. The zero-order valence-corrected chi connectivity index (χ0v) is 13.8. The molecular formula is C17H19F2N2OS+. The van der Waals surface area contributed by atoms with Gasteiger partial charge in [0.05, 0.1) is 12.7 Å². The third-order valence-corrected chi connectivity index (χ3v) is 4.07. The van der Waals surface area contributed by atoms with Gasteiger partial charge in [-0.05, 0) is 30.5 Å². The largest absolute Gasteiger partial charge is 0.326 e. The van der Waals surface area contributed by atoms with Crippen molar-refractivity contribution in [2.24, 2.45) is 0 Å². The first-order valence-electron chi connectivity index (χ1n) is 7.17. The zero-order chi connectivity index (χ0) is 16.8. The molecule has 0 aliphatic rings. The minimum absolute atomic E-state index is 0.132. The van der Waals surface area contributed by atoms with Crippen LogP contribution in [0.5, 0.6) is 0 Å². The smallest absolute Gasteiger partial charge is 0.279 e. The lowest BCUT2D eigenvalue weighted by Crippen LogP contribution is -3.08. The molecule has 0 aliphatic heterocycles. The molecule has 1 unspecified atom stereocenters. The van der Waals surface area contributed by atoms with Crippen LogP contribution in [0.2, 0.25) is 0 Å². The van der Waals surface area contributed by atoms with Gasteiger partial charge in [-0.1, -0.05) is 12.1 Å². The Morgan fingerprint density at radius 1 is 1.17 bits per heavy atom. The maximum atomic E-state index is 13.5. The Labute approximate surface area is 138 Å². The van der Waals surface area contributed by atoms with Crippen LogP contribution in [0.3, 0.4) is 0 Å². The second-order valence-electron chi connectivity index (χ2n) is 5.33. The number of rotatable bonds is 6. The van der Waals surface area contributed by atoms with Crippen LogP contribution < -0.4 is 10.2 Å². The summed E-state index contributed by atoms with van der Waals surface area (Å²) in [7, 11) is 1.88. The molecule has 23 heavy (non-hydrogen) atoms. The molecule has 0 spiro atoms. The molecule has 2 aromatic rings. The monoisotopic (exact) mass is 337 g/mol. The molecule has 2 rings (SSSR count). The Morgan fingerprint density at radius 2 is 1.87 bits per heavy atom. The lowest BCUT2D eigenvalue weighted by Gasteiger charge is -2.14. The first-order valence-corrected chi connectivity index (χ1v) is 8.39. The summed E-state index contributed by atoms with van der Waals surface area (Å²) < 4.78 is 26.6. The van der Waals surface area contributed by atoms with Crippen LogP contribution in [0, 0.1) is 11.6 Å². The van der Waals surface area contributed by atoms with E-state index in [-0.39, 0.29) is 18.1 Å². The molecule has 0 bridgehead atoms. The van der Waals surface area contributed by atoms with E-state index in [2.05, 4.69) is 5.32 Å². The van der Waals surface area contributed by atoms with Crippen molar-refractivity contribution in [3.8, 4) is 0 Å². The van der Waals surface area contributed by atoms with E-state index in [9.17, 15) is 13.6 Å². The number of thioether (sulfide) groups is 1. The number of amides is 1. The van der Waals surface area contributed by atoms with Crippen LogP contribution in [0.15, 0.2) is 47.4 Å². The van der Waals surface area contributed by atoms with Crippen molar-refractivity contribution in [2.75, 3.05) is 25.2 Å². The van der Waals surface area contributed by atoms with E-state index in [1.807, 2.05) is 37.6 Å². The molecule has 2 N–H and O–H groups in total. The van der Waals surface area contributed by atoms with Gasteiger partial charge < -0.3 is 10.2 Å². The summed E-state index contributed by atoms with van der Waals surface area (Å²) in [6, 6.07) is 11.1. The maximum absolute atomic E-state index is 13.5. The average molecular weight is 337 g/mol. The van der Waals surface area contributed by atoms with Gasteiger partial charge in [-0.25, -0.2) is 8.78 Å². The van der Waals surface area contributed by atoms with Crippen LogP contribution in [0.25, 0.3) is 0 Å². The highest BCUT2D eigenvalue weighted by Gasteiger charge is 2.13. The van der Waals surface area contributed by atoms with Gasteiger partial charge in [-0.15, -0.1) is 11.8 Å². The van der Waals surface area contributed by atoms with Gasteiger partial charge in [0.25, 0.3) is 5.91 Å². The van der Waals surface area contributed by atoms with Crippen molar-refractivity contribution >= 4 is 23.4 Å². The van der Waals surface area contributed by atoms with Crippen LogP contribution >= 0.6 is 11.8 Å². The molecule has 0 saturated carbocycles. The van der Waals surface area contributed by atoms with Crippen molar-refractivity contribution in [1.29, 1.82) is 0 Å². The van der Waals surface area contributed by atoms with Gasteiger partial charge in [-0.2, -0.15) is 0 Å². The Morgan fingerprint density at radius 3 is 2.52 bits per heavy atom. The number of nitrogens with one attached hydrogen (secondary N) is 2. The molecule has 0 radical (unpaired) electrons. The molecule has 0 fully saturated rings. The summed E-state index contributed by atoms with van der Waals surface area (Å²) in [5, 5.41) is 2.41. The quantitative estimate of drug-likeness (QED) is 0.794. The second-order valence-corrected chi connectivity index (χ2v) is 6.21. The minimum atomic E-state index is -0.648. The van der Waals surface area contributed by atoms with E-state index in [1.165, 1.54) is 4.90 Å². The van der Waals surface area contributed by atoms with Gasteiger partial charge in [0.15, 0.2) is 6.54 Å². The second kappa shape index (κ2) is 8.08. The number of hydrogen-bond donors (Lipinski definition) is 2. The van der Waals surface area contributed by atoms with E-state index >= 15 is 0 Å². The first-order chi connectivity index (χ1) is 11.0. The summed E-state index contributed by atoms with van der Waals surface area (Å²) in [6.07, 6.45) is 2.02. The topological polar surface area (TPSA) is 33.5 Å². The molecule has 0 saturated heterocycles. The molecule has 0 aliphatic carbocycles. The number of carbonyl (C=O) groups is 1. The van der Waals surface area contributed by atoms with Gasteiger partial charge in [0, 0.05) is 16.5 Å². The Balaban J connectivity index is 1.90. The molecule has 1 amide bonds. The summed E-state index contributed by atoms with van der Waals surface area (Å²) >= 11 is 1.67. The fourth-order valence-corrected chi connectivity index (χ4v) is 2.62. The van der Waals surface area contributed by atoms with Crippen LogP contribution in [0.1, 0.15) is 5.56 Å². The molecule has 122 valence electrons. The molecule has 1 atom stereocenters. The van der Waals surface area contributed by atoms with Crippen molar-refractivity contribution < 1.29 is 18.5 Å². The number of hydrogen-bond acceptors (Lipinski definition) is 2. The molecule has 0 aromatic heterocycles. The van der Waals surface area contributed by atoms with Crippen molar-refractivity contribution in [3.05, 3.63) is 59.7 Å². The van der Waals surface area contributed by atoms with E-state index in [4.69, 9.17) is 0 Å². The lowest BCUT2D eigenvalue weighted by atomic mass is 10.2. The van der Waals surface area contributed by atoms with E-state index in [0.717, 1.165) is 28.7 Å². The predicted molar refractivity (Wildman–Crippen MR) is 88.7 cm³/mol. The Hall–Kier alpha value is -1.92.